The zero-order valence-corrected chi connectivity index (χ0v) is 13.9. The summed E-state index contributed by atoms with van der Waals surface area (Å²) in [4.78, 5) is 5.32. The molecule has 2 fully saturated rings. The Labute approximate surface area is 126 Å². The smallest absolute Gasteiger partial charge is 0.0104 e. The van der Waals surface area contributed by atoms with Gasteiger partial charge in [-0.15, -0.1) is 0 Å². The molecule has 0 amide bonds. The third-order valence-electron chi connectivity index (χ3n) is 5.35. The van der Waals surface area contributed by atoms with Crippen LogP contribution in [0.15, 0.2) is 0 Å². The van der Waals surface area contributed by atoms with E-state index in [-0.39, 0.29) is 0 Å². The minimum absolute atomic E-state index is 0.693. The van der Waals surface area contributed by atoms with Crippen LogP contribution in [0.25, 0.3) is 0 Å². The van der Waals surface area contributed by atoms with Crippen molar-refractivity contribution < 1.29 is 0 Å². The van der Waals surface area contributed by atoms with Gasteiger partial charge in [0.25, 0.3) is 0 Å². The number of hydrogen-bond acceptors (Lipinski definition) is 3. The lowest BCUT2D eigenvalue weighted by molar-refractivity contribution is 0.125. The topological polar surface area (TPSA) is 18.5 Å². The second kappa shape index (κ2) is 8.35. The van der Waals surface area contributed by atoms with Crippen LogP contribution in [0.2, 0.25) is 0 Å². The molecule has 2 rings (SSSR count). The maximum absolute atomic E-state index is 3.48. The van der Waals surface area contributed by atoms with Crippen LogP contribution in [0.4, 0.5) is 0 Å². The molecule has 1 N–H and O–H groups in total. The summed E-state index contributed by atoms with van der Waals surface area (Å²) in [6.45, 7) is 11.1. The predicted octanol–water partition coefficient (Wildman–Crippen LogP) is 2.57. The Hall–Kier alpha value is -0.120. The fraction of sp³-hybridized carbons (Fsp3) is 1.00. The second-order valence-electron chi connectivity index (χ2n) is 7.20. The molecule has 0 aromatic heterocycles. The molecule has 0 aliphatic carbocycles. The number of nitrogens with zero attached hydrogens (tertiary/aromatic N) is 2. The monoisotopic (exact) mass is 281 g/mol. The number of nitrogens with one attached hydrogen (secondary N) is 1. The van der Waals surface area contributed by atoms with E-state index in [4.69, 9.17) is 0 Å². The number of rotatable bonds is 6. The van der Waals surface area contributed by atoms with Crippen molar-refractivity contribution in [1.29, 1.82) is 0 Å². The molecule has 0 spiro atoms. The molecular formula is C17H35N3. The molecule has 3 nitrogen and oxygen atoms in total. The Kier molecular flexibility index (Phi) is 6.79. The summed E-state index contributed by atoms with van der Waals surface area (Å²) < 4.78 is 0. The largest absolute Gasteiger partial charge is 0.317 e. The van der Waals surface area contributed by atoms with Crippen LogP contribution >= 0.6 is 0 Å². The van der Waals surface area contributed by atoms with Crippen molar-refractivity contribution in [2.75, 3.05) is 39.8 Å². The number of likely N-dealkylation sites (tertiary alicyclic amines) is 1. The highest BCUT2D eigenvalue weighted by Gasteiger charge is 2.22. The van der Waals surface area contributed by atoms with E-state index < -0.39 is 0 Å². The number of hydrogen-bond donors (Lipinski definition) is 1. The minimum Gasteiger partial charge on any atom is -0.317 e. The van der Waals surface area contributed by atoms with Crippen LogP contribution in [0.1, 0.15) is 52.4 Å². The van der Waals surface area contributed by atoms with E-state index in [1.54, 1.807) is 0 Å². The normalized spacial score (nSPS) is 26.6. The molecule has 0 aromatic carbocycles. The average Bonchev–Trinajstić information content (AvgIpc) is 2.46. The molecule has 20 heavy (non-hydrogen) atoms. The Balaban J connectivity index is 1.76. The Morgan fingerprint density at radius 3 is 2.55 bits per heavy atom. The Bertz CT molecular complexity index is 261. The second-order valence-corrected chi connectivity index (χ2v) is 7.20. The van der Waals surface area contributed by atoms with Crippen molar-refractivity contribution in [3.8, 4) is 0 Å². The van der Waals surface area contributed by atoms with Crippen molar-refractivity contribution in [2.24, 2.45) is 5.92 Å². The van der Waals surface area contributed by atoms with Crippen LogP contribution in [-0.2, 0) is 0 Å². The highest BCUT2D eigenvalue weighted by atomic mass is 15.2. The summed E-state index contributed by atoms with van der Waals surface area (Å²) in [6, 6.07) is 1.52. The van der Waals surface area contributed by atoms with Gasteiger partial charge in [-0.05, 0) is 85.1 Å². The zero-order valence-electron chi connectivity index (χ0n) is 13.9. The predicted molar refractivity (Wildman–Crippen MR) is 87.2 cm³/mol. The van der Waals surface area contributed by atoms with Gasteiger partial charge in [0, 0.05) is 18.6 Å². The van der Waals surface area contributed by atoms with Gasteiger partial charge in [0.1, 0.15) is 0 Å². The maximum atomic E-state index is 3.48. The van der Waals surface area contributed by atoms with Crippen LogP contribution in [0.3, 0.4) is 0 Å². The van der Waals surface area contributed by atoms with Gasteiger partial charge in [-0.3, -0.25) is 0 Å². The molecule has 0 aromatic rings. The lowest BCUT2D eigenvalue weighted by Gasteiger charge is -2.37. The van der Waals surface area contributed by atoms with E-state index in [2.05, 4.69) is 36.0 Å². The van der Waals surface area contributed by atoms with E-state index in [0.717, 1.165) is 12.0 Å². The highest BCUT2D eigenvalue weighted by Crippen LogP contribution is 2.20. The molecule has 2 aliphatic heterocycles. The SMILES string of the molecule is CC(C)N(CCC1CCCCN1C)CC1CCNCC1. The standard InChI is InChI=1S/C17H35N3/c1-15(2)20(14-16-7-10-18-11-8-16)13-9-17-6-4-5-12-19(17)3/h15-18H,4-14H2,1-3H3. The Morgan fingerprint density at radius 1 is 1.15 bits per heavy atom. The Morgan fingerprint density at radius 2 is 1.90 bits per heavy atom. The fourth-order valence-electron chi connectivity index (χ4n) is 3.78. The molecule has 2 saturated heterocycles. The van der Waals surface area contributed by atoms with Gasteiger partial charge in [0.15, 0.2) is 0 Å². The first kappa shape index (κ1) is 16.3. The highest BCUT2D eigenvalue weighted by molar-refractivity contribution is 4.78. The molecule has 1 unspecified atom stereocenters. The lowest BCUT2D eigenvalue weighted by Crippen LogP contribution is -2.43. The van der Waals surface area contributed by atoms with Crippen LogP contribution in [0, 0.1) is 5.92 Å². The van der Waals surface area contributed by atoms with Crippen molar-refractivity contribution >= 4 is 0 Å². The molecule has 0 radical (unpaired) electrons. The molecular weight excluding hydrogens is 246 g/mol. The summed E-state index contributed by atoms with van der Waals surface area (Å²) >= 11 is 0. The van der Waals surface area contributed by atoms with Crippen molar-refractivity contribution in [3.63, 3.8) is 0 Å². The van der Waals surface area contributed by atoms with Gasteiger partial charge in [0.05, 0.1) is 0 Å². The van der Waals surface area contributed by atoms with Gasteiger partial charge in [-0.25, -0.2) is 0 Å². The minimum atomic E-state index is 0.693. The van der Waals surface area contributed by atoms with E-state index in [0.29, 0.717) is 6.04 Å². The average molecular weight is 281 g/mol. The molecule has 2 heterocycles. The molecule has 1 atom stereocenters. The first-order chi connectivity index (χ1) is 9.66. The summed E-state index contributed by atoms with van der Waals surface area (Å²) in [5.41, 5.74) is 0. The maximum Gasteiger partial charge on any atom is 0.0104 e. The van der Waals surface area contributed by atoms with Crippen LogP contribution < -0.4 is 5.32 Å². The quantitative estimate of drug-likeness (QED) is 0.807. The van der Waals surface area contributed by atoms with E-state index in [1.165, 1.54) is 71.2 Å². The molecule has 0 bridgehead atoms. The first-order valence-electron chi connectivity index (χ1n) is 8.82. The zero-order chi connectivity index (χ0) is 14.4. The van der Waals surface area contributed by atoms with Crippen molar-refractivity contribution in [2.45, 2.75) is 64.5 Å². The van der Waals surface area contributed by atoms with Gasteiger partial charge in [0.2, 0.25) is 0 Å². The third kappa shape index (κ3) is 5.01. The number of piperidine rings is 2. The van der Waals surface area contributed by atoms with Gasteiger partial charge in [-0.2, -0.15) is 0 Å². The molecule has 118 valence electrons. The molecule has 3 heteroatoms. The van der Waals surface area contributed by atoms with Gasteiger partial charge in [-0.1, -0.05) is 6.42 Å². The molecule has 2 aliphatic rings. The lowest BCUT2D eigenvalue weighted by atomic mass is 9.96. The van der Waals surface area contributed by atoms with E-state index in [1.807, 2.05) is 0 Å². The third-order valence-corrected chi connectivity index (χ3v) is 5.35. The summed E-state index contributed by atoms with van der Waals surface area (Å²) in [6.07, 6.45) is 8.34. The fourth-order valence-corrected chi connectivity index (χ4v) is 3.78. The summed E-state index contributed by atoms with van der Waals surface area (Å²) in [7, 11) is 2.32. The van der Waals surface area contributed by atoms with E-state index >= 15 is 0 Å². The molecule has 0 saturated carbocycles. The summed E-state index contributed by atoms with van der Waals surface area (Å²) in [5, 5.41) is 3.48. The van der Waals surface area contributed by atoms with Crippen LogP contribution in [0.5, 0.6) is 0 Å². The van der Waals surface area contributed by atoms with Gasteiger partial charge < -0.3 is 15.1 Å². The van der Waals surface area contributed by atoms with Crippen molar-refractivity contribution in [3.05, 3.63) is 0 Å². The van der Waals surface area contributed by atoms with E-state index in [9.17, 15) is 0 Å². The van der Waals surface area contributed by atoms with Crippen molar-refractivity contribution in [1.82, 2.24) is 15.1 Å². The first-order valence-corrected chi connectivity index (χ1v) is 8.82. The summed E-state index contributed by atoms with van der Waals surface area (Å²) in [5.74, 6) is 0.919. The van der Waals surface area contributed by atoms with Gasteiger partial charge >= 0.3 is 0 Å². The van der Waals surface area contributed by atoms with Crippen LogP contribution in [-0.4, -0.2) is 61.7 Å².